The first-order chi connectivity index (χ1) is 11.0. The normalized spacial score (nSPS) is 33.6. The van der Waals surface area contributed by atoms with Gasteiger partial charge < -0.3 is 29.2 Å². The Morgan fingerprint density at radius 1 is 1.22 bits per heavy atom. The molecule has 128 valence electrons. The minimum absolute atomic E-state index is 0.116. The van der Waals surface area contributed by atoms with E-state index in [1.54, 1.807) is 0 Å². The zero-order valence-electron chi connectivity index (χ0n) is 13.4. The van der Waals surface area contributed by atoms with E-state index in [1.807, 2.05) is 44.2 Å². The number of aliphatic hydroxyl groups is 2. The zero-order valence-corrected chi connectivity index (χ0v) is 13.4. The van der Waals surface area contributed by atoms with Crippen molar-refractivity contribution in [3.63, 3.8) is 0 Å². The molecule has 0 unspecified atom stereocenters. The summed E-state index contributed by atoms with van der Waals surface area (Å²) in [5.74, 6) is -0.739. The minimum atomic E-state index is -0.832. The highest BCUT2D eigenvalue weighted by Crippen LogP contribution is 2.40. The monoisotopic (exact) mass is 324 g/mol. The maximum Gasteiger partial charge on any atom is 0.190 e. The Morgan fingerprint density at radius 2 is 1.96 bits per heavy atom. The number of rotatable bonds is 6. The summed E-state index contributed by atoms with van der Waals surface area (Å²) in [5, 5.41) is 19.3. The van der Waals surface area contributed by atoms with Gasteiger partial charge in [-0.05, 0) is 25.8 Å². The Hall–Kier alpha value is -1.02. The van der Waals surface area contributed by atoms with Crippen molar-refractivity contribution in [2.24, 2.45) is 0 Å². The van der Waals surface area contributed by atoms with Gasteiger partial charge in [0.15, 0.2) is 12.1 Å². The number of benzene rings is 1. The van der Waals surface area contributed by atoms with Crippen LogP contribution in [0, 0.1) is 0 Å². The van der Waals surface area contributed by atoms with E-state index in [4.69, 9.17) is 24.1 Å². The molecule has 2 heterocycles. The van der Waals surface area contributed by atoms with E-state index in [2.05, 4.69) is 0 Å². The third-order valence-corrected chi connectivity index (χ3v) is 4.12. The molecule has 2 aliphatic rings. The summed E-state index contributed by atoms with van der Waals surface area (Å²) in [4.78, 5) is 0. The first kappa shape index (κ1) is 16.8. The molecule has 0 spiro atoms. The summed E-state index contributed by atoms with van der Waals surface area (Å²) in [6, 6.07) is 9.79. The Bertz CT molecular complexity index is 505. The SMILES string of the molecule is CC1(C)O[C@H]2O[C@H]([C@@H](O)CCO)[C@H](OCc3ccccc3)[C@H]2O1. The Kier molecular flexibility index (Phi) is 5.01. The van der Waals surface area contributed by atoms with Gasteiger partial charge in [0.05, 0.1) is 12.7 Å². The first-order valence-corrected chi connectivity index (χ1v) is 7.96. The van der Waals surface area contributed by atoms with Crippen molar-refractivity contribution in [3.8, 4) is 0 Å². The van der Waals surface area contributed by atoms with Crippen molar-refractivity contribution in [3.05, 3.63) is 35.9 Å². The molecule has 2 N–H and O–H groups in total. The van der Waals surface area contributed by atoms with Gasteiger partial charge in [-0.25, -0.2) is 0 Å². The van der Waals surface area contributed by atoms with E-state index >= 15 is 0 Å². The number of aliphatic hydroxyl groups excluding tert-OH is 2. The van der Waals surface area contributed by atoms with Crippen molar-refractivity contribution in [2.75, 3.05) is 6.61 Å². The van der Waals surface area contributed by atoms with Crippen LogP contribution in [0.15, 0.2) is 30.3 Å². The van der Waals surface area contributed by atoms with Gasteiger partial charge in [0, 0.05) is 6.61 Å². The molecule has 0 amide bonds. The van der Waals surface area contributed by atoms with Crippen molar-refractivity contribution >= 4 is 0 Å². The van der Waals surface area contributed by atoms with Crippen LogP contribution in [0.1, 0.15) is 25.8 Å². The molecule has 2 aliphatic heterocycles. The topological polar surface area (TPSA) is 77.4 Å². The van der Waals surface area contributed by atoms with Crippen LogP contribution in [0.25, 0.3) is 0 Å². The molecule has 6 heteroatoms. The van der Waals surface area contributed by atoms with Gasteiger partial charge in [-0.3, -0.25) is 0 Å². The van der Waals surface area contributed by atoms with Crippen LogP contribution in [-0.4, -0.2) is 53.3 Å². The summed E-state index contributed by atoms with van der Waals surface area (Å²) in [6.45, 7) is 3.92. The molecule has 1 aromatic rings. The van der Waals surface area contributed by atoms with Gasteiger partial charge in [0.1, 0.15) is 18.3 Å². The number of hydrogen-bond acceptors (Lipinski definition) is 6. The molecular weight excluding hydrogens is 300 g/mol. The fraction of sp³-hybridized carbons (Fsp3) is 0.647. The van der Waals surface area contributed by atoms with Crippen LogP contribution < -0.4 is 0 Å². The van der Waals surface area contributed by atoms with Crippen molar-refractivity contribution < 1.29 is 29.2 Å². The van der Waals surface area contributed by atoms with Crippen LogP contribution in [0.3, 0.4) is 0 Å². The van der Waals surface area contributed by atoms with E-state index in [0.717, 1.165) is 5.56 Å². The summed E-state index contributed by atoms with van der Waals surface area (Å²) in [5.41, 5.74) is 1.03. The van der Waals surface area contributed by atoms with Gasteiger partial charge in [-0.15, -0.1) is 0 Å². The van der Waals surface area contributed by atoms with Crippen LogP contribution in [0.4, 0.5) is 0 Å². The van der Waals surface area contributed by atoms with Gasteiger partial charge in [-0.1, -0.05) is 30.3 Å². The van der Waals surface area contributed by atoms with E-state index < -0.39 is 36.5 Å². The molecule has 3 rings (SSSR count). The highest BCUT2D eigenvalue weighted by Gasteiger charge is 2.56. The van der Waals surface area contributed by atoms with Gasteiger partial charge in [0.25, 0.3) is 0 Å². The summed E-state index contributed by atoms with van der Waals surface area (Å²) in [6.07, 6.45) is -2.61. The van der Waals surface area contributed by atoms with Crippen molar-refractivity contribution in [1.82, 2.24) is 0 Å². The number of ether oxygens (including phenoxy) is 4. The van der Waals surface area contributed by atoms with E-state index in [1.165, 1.54) is 0 Å². The van der Waals surface area contributed by atoms with Crippen molar-refractivity contribution in [2.45, 2.75) is 63.4 Å². The van der Waals surface area contributed by atoms with Crippen LogP contribution >= 0.6 is 0 Å². The van der Waals surface area contributed by atoms with E-state index in [0.29, 0.717) is 6.61 Å². The second-order valence-corrected chi connectivity index (χ2v) is 6.41. The smallest absolute Gasteiger partial charge is 0.190 e. The molecule has 1 aromatic carbocycles. The lowest BCUT2D eigenvalue weighted by Crippen LogP contribution is -2.43. The molecule has 0 radical (unpaired) electrons. The molecule has 0 bridgehead atoms. The quantitative estimate of drug-likeness (QED) is 0.818. The summed E-state index contributed by atoms with van der Waals surface area (Å²) < 4.78 is 23.4. The maximum absolute atomic E-state index is 10.2. The Morgan fingerprint density at radius 3 is 2.65 bits per heavy atom. The lowest BCUT2D eigenvalue weighted by Gasteiger charge is -2.28. The average Bonchev–Trinajstić information content (AvgIpc) is 2.98. The first-order valence-electron chi connectivity index (χ1n) is 7.96. The van der Waals surface area contributed by atoms with Gasteiger partial charge >= 0.3 is 0 Å². The molecule has 0 aromatic heterocycles. The lowest BCUT2D eigenvalue weighted by atomic mass is 10.0. The highest BCUT2D eigenvalue weighted by atomic mass is 16.8. The van der Waals surface area contributed by atoms with E-state index in [-0.39, 0.29) is 13.0 Å². The molecular formula is C17H24O6. The second-order valence-electron chi connectivity index (χ2n) is 6.41. The van der Waals surface area contributed by atoms with Crippen molar-refractivity contribution in [1.29, 1.82) is 0 Å². The van der Waals surface area contributed by atoms with Gasteiger partial charge in [-0.2, -0.15) is 0 Å². The zero-order chi connectivity index (χ0) is 16.4. The highest BCUT2D eigenvalue weighted by molar-refractivity contribution is 5.13. The third kappa shape index (κ3) is 3.74. The third-order valence-electron chi connectivity index (χ3n) is 4.12. The van der Waals surface area contributed by atoms with Gasteiger partial charge in [0.2, 0.25) is 0 Å². The molecule has 5 atom stereocenters. The predicted octanol–water partition coefficient (Wildman–Crippen LogP) is 1.19. The molecule has 0 saturated carbocycles. The minimum Gasteiger partial charge on any atom is -0.396 e. The fourth-order valence-electron chi connectivity index (χ4n) is 3.07. The molecule has 6 nitrogen and oxygen atoms in total. The summed E-state index contributed by atoms with van der Waals surface area (Å²) >= 11 is 0. The van der Waals surface area contributed by atoms with E-state index in [9.17, 15) is 5.11 Å². The molecule has 2 saturated heterocycles. The average molecular weight is 324 g/mol. The number of hydrogen-bond donors (Lipinski definition) is 2. The van der Waals surface area contributed by atoms with Crippen LogP contribution in [-0.2, 0) is 25.6 Å². The molecule has 23 heavy (non-hydrogen) atoms. The maximum atomic E-state index is 10.2. The largest absolute Gasteiger partial charge is 0.396 e. The lowest BCUT2D eigenvalue weighted by molar-refractivity contribution is -0.231. The van der Waals surface area contributed by atoms with Crippen LogP contribution in [0.5, 0.6) is 0 Å². The number of fused-ring (bicyclic) bond motifs is 1. The predicted molar refractivity (Wildman–Crippen MR) is 81.4 cm³/mol. The molecule has 2 fully saturated rings. The molecule has 0 aliphatic carbocycles. The Labute approximate surface area is 135 Å². The standard InChI is InChI=1S/C17H24O6/c1-17(2)22-15-14(20-10-11-6-4-3-5-7-11)13(12(19)8-9-18)21-16(15)23-17/h3-7,12-16,18-19H,8-10H2,1-2H3/t12-,13+,14-,15+,16+/m0/s1. The summed E-state index contributed by atoms with van der Waals surface area (Å²) in [7, 11) is 0. The second kappa shape index (κ2) is 6.84. The Balaban J connectivity index is 1.71. The van der Waals surface area contributed by atoms with Crippen LogP contribution in [0.2, 0.25) is 0 Å². The fourth-order valence-corrected chi connectivity index (χ4v) is 3.07.